The van der Waals surface area contributed by atoms with Crippen LogP contribution in [0.3, 0.4) is 0 Å². The fourth-order valence-corrected chi connectivity index (χ4v) is 2.08. The van der Waals surface area contributed by atoms with E-state index >= 15 is 0 Å². The Morgan fingerprint density at radius 2 is 2.28 bits per heavy atom. The second kappa shape index (κ2) is 4.33. The summed E-state index contributed by atoms with van der Waals surface area (Å²) in [5.41, 5.74) is 6.61. The van der Waals surface area contributed by atoms with Crippen molar-refractivity contribution in [1.82, 2.24) is 9.97 Å². The molecule has 0 radical (unpaired) electrons. The zero-order valence-corrected chi connectivity index (χ0v) is 10.3. The third-order valence-corrected chi connectivity index (χ3v) is 3.05. The molecule has 0 spiro atoms. The van der Waals surface area contributed by atoms with E-state index in [2.05, 4.69) is 14.9 Å². The predicted molar refractivity (Wildman–Crippen MR) is 69.1 cm³/mol. The van der Waals surface area contributed by atoms with Crippen molar-refractivity contribution < 1.29 is 4.42 Å². The van der Waals surface area contributed by atoms with Crippen molar-refractivity contribution in [2.24, 2.45) is 0 Å². The number of hydrogen-bond donors (Lipinski definition) is 1. The van der Waals surface area contributed by atoms with Crippen LogP contribution >= 0.6 is 0 Å². The Kier molecular flexibility index (Phi) is 2.66. The first-order valence-electron chi connectivity index (χ1n) is 6.12. The van der Waals surface area contributed by atoms with E-state index in [9.17, 15) is 0 Å². The summed E-state index contributed by atoms with van der Waals surface area (Å²) in [4.78, 5) is 10.7. The van der Waals surface area contributed by atoms with Crippen LogP contribution in [0.5, 0.6) is 0 Å². The van der Waals surface area contributed by atoms with E-state index in [1.54, 1.807) is 6.26 Å². The van der Waals surface area contributed by atoms with Gasteiger partial charge in [0, 0.05) is 17.8 Å². The Bertz CT molecular complexity index is 514. The summed E-state index contributed by atoms with van der Waals surface area (Å²) < 4.78 is 5.41. The largest absolute Gasteiger partial charge is 0.467 e. The van der Waals surface area contributed by atoms with Crippen LogP contribution in [0.15, 0.2) is 28.9 Å². The van der Waals surface area contributed by atoms with Crippen LogP contribution in [-0.2, 0) is 6.54 Å². The molecule has 0 aliphatic heterocycles. The molecular weight excluding hydrogens is 228 g/mol. The molecule has 2 heterocycles. The highest BCUT2D eigenvalue weighted by atomic mass is 16.3. The highest BCUT2D eigenvalue weighted by Crippen LogP contribution is 2.32. The first kappa shape index (κ1) is 11.1. The quantitative estimate of drug-likeness (QED) is 0.892. The Morgan fingerprint density at radius 1 is 1.44 bits per heavy atom. The van der Waals surface area contributed by atoms with Gasteiger partial charge in [-0.1, -0.05) is 0 Å². The number of nitrogen functional groups attached to an aromatic ring is 1. The van der Waals surface area contributed by atoms with Crippen molar-refractivity contribution in [2.75, 3.05) is 10.6 Å². The van der Waals surface area contributed by atoms with E-state index < -0.39 is 0 Å². The number of anilines is 2. The number of nitrogens with two attached hydrogens (primary N) is 1. The fraction of sp³-hybridized carbons (Fsp3) is 0.385. The normalized spacial score (nSPS) is 14.7. The lowest BCUT2D eigenvalue weighted by atomic mass is 10.3. The molecule has 0 bridgehead atoms. The number of nitrogens with zero attached hydrogens (tertiary/aromatic N) is 3. The van der Waals surface area contributed by atoms with Crippen molar-refractivity contribution in [1.29, 1.82) is 0 Å². The van der Waals surface area contributed by atoms with Crippen LogP contribution in [0.4, 0.5) is 11.8 Å². The topological polar surface area (TPSA) is 68.2 Å². The standard InChI is InChI=1S/C13H16N4O/c1-9-7-12(16-13(14)15-9)17(10-4-5-10)8-11-3-2-6-18-11/h2-3,6-7,10H,4-5,8H2,1H3,(H2,14,15,16). The van der Waals surface area contributed by atoms with Gasteiger partial charge in [-0.15, -0.1) is 0 Å². The van der Waals surface area contributed by atoms with Gasteiger partial charge in [-0.2, -0.15) is 4.98 Å². The molecule has 2 aromatic heterocycles. The zero-order valence-electron chi connectivity index (χ0n) is 10.3. The second-order valence-corrected chi connectivity index (χ2v) is 4.66. The molecule has 1 saturated carbocycles. The van der Waals surface area contributed by atoms with Crippen LogP contribution in [0, 0.1) is 6.92 Å². The highest BCUT2D eigenvalue weighted by Gasteiger charge is 2.31. The van der Waals surface area contributed by atoms with Crippen molar-refractivity contribution in [3.8, 4) is 0 Å². The molecule has 0 atom stereocenters. The SMILES string of the molecule is Cc1cc(N(Cc2ccco2)C2CC2)nc(N)n1. The maximum absolute atomic E-state index is 5.72. The van der Waals surface area contributed by atoms with E-state index in [-0.39, 0.29) is 0 Å². The minimum Gasteiger partial charge on any atom is -0.467 e. The molecule has 94 valence electrons. The number of aryl methyl sites for hydroxylation is 1. The highest BCUT2D eigenvalue weighted by molar-refractivity contribution is 5.45. The van der Waals surface area contributed by atoms with Gasteiger partial charge in [0.05, 0.1) is 12.8 Å². The number of aromatic nitrogens is 2. The number of rotatable bonds is 4. The average Bonchev–Trinajstić information content (AvgIpc) is 3.02. The van der Waals surface area contributed by atoms with Gasteiger partial charge in [-0.25, -0.2) is 4.98 Å². The van der Waals surface area contributed by atoms with Crippen molar-refractivity contribution >= 4 is 11.8 Å². The van der Waals surface area contributed by atoms with Crippen LogP contribution in [0.25, 0.3) is 0 Å². The van der Waals surface area contributed by atoms with Gasteiger partial charge >= 0.3 is 0 Å². The Labute approximate surface area is 106 Å². The maximum atomic E-state index is 5.72. The Morgan fingerprint density at radius 3 is 2.89 bits per heavy atom. The van der Waals surface area contributed by atoms with Crippen LogP contribution < -0.4 is 10.6 Å². The summed E-state index contributed by atoms with van der Waals surface area (Å²) in [6.07, 6.45) is 4.09. The van der Waals surface area contributed by atoms with E-state index in [0.29, 0.717) is 12.0 Å². The van der Waals surface area contributed by atoms with E-state index in [0.717, 1.165) is 23.8 Å². The molecular formula is C13H16N4O. The third-order valence-electron chi connectivity index (χ3n) is 3.05. The first-order chi connectivity index (χ1) is 8.72. The predicted octanol–water partition coefficient (Wildman–Crippen LogP) is 2.13. The molecule has 3 rings (SSSR count). The third kappa shape index (κ3) is 2.30. The first-order valence-corrected chi connectivity index (χ1v) is 6.12. The summed E-state index contributed by atoms with van der Waals surface area (Å²) in [6.45, 7) is 2.66. The molecule has 18 heavy (non-hydrogen) atoms. The molecule has 0 amide bonds. The Balaban J connectivity index is 1.89. The summed E-state index contributed by atoms with van der Waals surface area (Å²) in [5.74, 6) is 2.16. The van der Waals surface area contributed by atoms with Crippen molar-refractivity contribution in [3.63, 3.8) is 0 Å². The van der Waals surface area contributed by atoms with Gasteiger partial charge in [0.15, 0.2) is 0 Å². The maximum Gasteiger partial charge on any atom is 0.222 e. The summed E-state index contributed by atoms with van der Waals surface area (Å²) >= 11 is 0. The van der Waals surface area contributed by atoms with E-state index in [1.807, 2.05) is 25.1 Å². The van der Waals surface area contributed by atoms with Gasteiger partial charge in [0.25, 0.3) is 0 Å². The monoisotopic (exact) mass is 244 g/mol. The van der Waals surface area contributed by atoms with Gasteiger partial charge in [0.2, 0.25) is 5.95 Å². The smallest absolute Gasteiger partial charge is 0.222 e. The summed E-state index contributed by atoms with van der Waals surface area (Å²) in [6, 6.07) is 6.40. The Hall–Kier alpha value is -2.04. The van der Waals surface area contributed by atoms with Crippen molar-refractivity contribution in [2.45, 2.75) is 32.4 Å². The van der Waals surface area contributed by atoms with E-state index in [4.69, 9.17) is 10.2 Å². The van der Waals surface area contributed by atoms with Crippen molar-refractivity contribution in [3.05, 3.63) is 35.9 Å². The molecule has 0 aromatic carbocycles. The number of hydrogen-bond acceptors (Lipinski definition) is 5. The van der Waals surface area contributed by atoms with Gasteiger partial charge < -0.3 is 15.1 Å². The molecule has 1 aliphatic rings. The molecule has 0 saturated heterocycles. The molecule has 1 fully saturated rings. The molecule has 0 unspecified atom stereocenters. The van der Waals surface area contributed by atoms with Crippen LogP contribution in [0.2, 0.25) is 0 Å². The van der Waals surface area contributed by atoms with Gasteiger partial charge in [0.1, 0.15) is 11.6 Å². The zero-order chi connectivity index (χ0) is 12.5. The lowest BCUT2D eigenvalue weighted by Gasteiger charge is -2.22. The molecule has 2 N–H and O–H groups in total. The average molecular weight is 244 g/mol. The van der Waals surface area contributed by atoms with Gasteiger partial charge in [-0.3, -0.25) is 0 Å². The second-order valence-electron chi connectivity index (χ2n) is 4.66. The van der Waals surface area contributed by atoms with E-state index in [1.165, 1.54) is 12.8 Å². The minimum absolute atomic E-state index is 0.329. The van der Waals surface area contributed by atoms with Gasteiger partial charge in [-0.05, 0) is 31.9 Å². The molecule has 1 aliphatic carbocycles. The summed E-state index contributed by atoms with van der Waals surface area (Å²) in [5, 5.41) is 0. The lowest BCUT2D eigenvalue weighted by Crippen LogP contribution is -2.26. The molecule has 5 heteroatoms. The van der Waals surface area contributed by atoms with Crippen LogP contribution in [0.1, 0.15) is 24.3 Å². The summed E-state index contributed by atoms with van der Waals surface area (Å²) in [7, 11) is 0. The minimum atomic E-state index is 0.329. The van der Waals surface area contributed by atoms with Crippen LogP contribution in [-0.4, -0.2) is 16.0 Å². The molecule has 2 aromatic rings. The molecule has 5 nitrogen and oxygen atoms in total. The fourth-order valence-electron chi connectivity index (χ4n) is 2.08. The number of furan rings is 1. The lowest BCUT2D eigenvalue weighted by molar-refractivity contribution is 0.500.